The first kappa shape index (κ1) is 17.9. The van der Waals surface area contributed by atoms with Crippen LogP contribution in [0, 0.1) is 17.0 Å². The van der Waals surface area contributed by atoms with Crippen molar-refractivity contribution in [1.29, 1.82) is 0 Å². The first-order valence-corrected chi connectivity index (χ1v) is 7.32. The van der Waals surface area contributed by atoms with E-state index in [2.05, 4.69) is 15.5 Å². The summed E-state index contributed by atoms with van der Waals surface area (Å²) in [6.45, 7) is 3.71. The molecule has 0 unspecified atom stereocenters. The zero-order chi connectivity index (χ0) is 18.4. The van der Waals surface area contributed by atoms with Gasteiger partial charge >= 0.3 is 5.69 Å². The summed E-state index contributed by atoms with van der Waals surface area (Å²) < 4.78 is 5.16. The minimum Gasteiger partial charge on any atom is -0.500 e. The van der Waals surface area contributed by atoms with Crippen molar-refractivity contribution in [2.75, 3.05) is 6.61 Å². The lowest BCUT2D eigenvalue weighted by Gasteiger charge is -2.07. The van der Waals surface area contributed by atoms with E-state index in [9.17, 15) is 20.0 Å². The number of carbonyl (C=O) groups is 1. The van der Waals surface area contributed by atoms with E-state index in [1.165, 1.54) is 18.5 Å². The Bertz CT molecular complexity index is 818. The molecule has 0 spiro atoms. The summed E-state index contributed by atoms with van der Waals surface area (Å²) in [5.41, 5.74) is 3.18. The van der Waals surface area contributed by atoms with Gasteiger partial charge in [-0.3, -0.25) is 19.9 Å². The normalized spacial score (nSPS) is 10.6. The fraction of sp³-hybridized carbons (Fsp3) is 0.188. The van der Waals surface area contributed by atoms with E-state index in [-0.39, 0.29) is 17.9 Å². The number of hydrogen-bond acceptors (Lipinski definition) is 7. The third kappa shape index (κ3) is 4.50. The van der Waals surface area contributed by atoms with Crippen LogP contribution in [0.25, 0.3) is 0 Å². The van der Waals surface area contributed by atoms with Crippen LogP contribution in [0.3, 0.4) is 0 Å². The van der Waals surface area contributed by atoms with Crippen LogP contribution in [0.1, 0.15) is 28.5 Å². The van der Waals surface area contributed by atoms with E-state index < -0.39 is 22.3 Å². The van der Waals surface area contributed by atoms with Gasteiger partial charge < -0.3 is 9.84 Å². The van der Waals surface area contributed by atoms with Crippen molar-refractivity contribution in [2.24, 2.45) is 5.10 Å². The molecule has 0 atom stereocenters. The summed E-state index contributed by atoms with van der Waals surface area (Å²) in [6, 6.07) is 5.80. The topological polar surface area (TPSA) is 127 Å². The lowest BCUT2D eigenvalue weighted by Crippen LogP contribution is -2.17. The minimum absolute atomic E-state index is 0.0350. The van der Waals surface area contributed by atoms with Crippen LogP contribution in [0.2, 0.25) is 0 Å². The Hall–Kier alpha value is -3.49. The molecule has 1 heterocycles. The zero-order valence-electron chi connectivity index (χ0n) is 13.6. The molecule has 0 bridgehead atoms. The molecule has 0 saturated heterocycles. The second-order valence-electron chi connectivity index (χ2n) is 4.96. The summed E-state index contributed by atoms with van der Waals surface area (Å²) in [5.74, 6) is -1.06. The number of nitro benzene ring substituents is 1. The molecule has 2 rings (SSSR count). The van der Waals surface area contributed by atoms with Crippen LogP contribution in [-0.4, -0.2) is 33.7 Å². The van der Waals surface area contributed by atoms with E-state index >= 15 is 0 Å². The van der Waals surface area contributed by atoms with E-state index in [1.807, 2.05) is 0 Å². The lowest BCUT2D eigenvalue weighted by molar-refractivity contribution is -0.386. The largest absolute Gasteiger partial charge is 0.500 e. The smallest absolute Gasteiger partial charge is 0.315 e. The number of amides is 1. The second kappa shape index (κ2) is 7.86. The molecular weight excluding hydrogens is 328 g/mol. The third-order valence-electron chi connectivity index (χ3n) is 3.13. The maximum Gasteiger partial charge on any atom is 0.315 e. The van der Waals surface area contributed by atoms with Crippen molar-refractivity contribution >= 4 is 17.8 Å². The summed E-state index contributed by atoms with van der Waals surface area (Å²) in [4.78, 5) is 26.2. The van der Waals surface area contributed by atoms with Crippen molar-refractivity contribution in [3.8, 4) is 11.5 Å². The number of aromatic hydroxyl groups is 1. The van der Waals surface area contributed by atoms with Crippen LogP contribution >= 0.6 is 0 Å². The van der Waals surface area contributed by atoms with Gasteiger partial charge in [-0.15, -0.1) is 0 Å². The Morgan fingerprint density at radius 2 is 2.24 bits per heavy atom. The summed E-state index contributed by atoms with van der Waals surface area (Å²) in [6.07, 6.45) is 2.63. The second-order valence-corrected chi connectivity index (χ2v) is 4.96. The molecule has 2 aromatic rings. The van der Waals surface area contributed by atoms with Gasteiger partial charge in [-0.25, -0.2) is 5.43 Å². The number of phenolic OH excluding ortho intramolecular Hbond substituents is 1. The van der Waals surface area contributed by atoms with Gasteiger partial charge in [-0.1, -0.05) is 0 Å². The van der Waals surface area contributed by atoms with Gasteiger partial charge in [0, 0.05) is 23.5 Å². The molecule has 9 nitrogen and oxygen atoms in total. The molecule has 9 heteroatoms. The van der Waals surface area contributed by atoms with Crippen molar-refractivity contribution in [2.45, 2.75) is 13.8 Å². The highest BCUT2D eigenvalue weighted by atomic mass is 16.6. The number of nitrogens with one attached hydrogen (secondary N) is 1. The molecule has 0 saturated carbocycles. The summed E-state index contributed by atoms with van der Waals surface area (Å²) in [5, 5.41) is 24.6. The molecule has 0 radical (unpaired) electrons. The Balaban J connectivity index is 2.18. The molecule has 1 aromatic carbocycles. The fourth-order valence-corrected chi connectivity index (χ4v) is 1.93. The maximum atomic E-state index is 11.9. The Morgan fingerprint density at radius 1 is 1.48 bits per heavy atom. The molecule has 1 amide bonds. The Labute approximate surface area is 143 Å². The average Bonchev–Trinajstić information content (AvgIpc) is 2.58. The molecule has 0 aliphatic rings. The monoisotopic (exact) mass is 344 g/mol. The first-order chi connectivity index (χ1) is 11.9. The lowest BCUT2D eigenvalue weighted by atomic mass is 10.2. The molecule has 25 heavy (non-hydrogen) atoms. The number of nitrogens with zero attached hydrogens (tertiary/aromatic N) is 3. The van der Waals surface area contributed by atoms with E-state index in [4.69, 9.17) is 4.74 Å². The minimum atomic E-state index is -0.730. The number of hydrogen-bond donors (Lipinski definition) is 2. The predicted octanol–water partition coefficient (Wildman–Crippen LogP) is 2.17. The number of ether oxygens (including phenoxy) is 1. The number of phenols is 1. The van der Waals surface area contributed by atoms with E-state index in [1.54, 1.807) is 26.0 Å². The highest BCUT2D eigenvalue weighted by Crippen LogP contribution is 2.36. The molecule has 0 aliphatic carbocycles. The third-order valence-corrected chi connectivity index (χ3v) is 3.13. The number of nitro groups is 1. The van der Waals surface area contributed by atoms with Crippen LogP contribution in [0.4, 0.5) is 5.69 Å². The fourth-order valence-electron chi connectivity index (χ4n) is 1.93. The molecule has 0 fully saturated rings. The average molecular weight is 344 g/mol. The number of benzene rings is 1. The van der Waals surface area contributed by atoms with Crippen molar-refractivity contribution in [3.63, 3.8) is 0 Å². The van der Waals surface area contributed by atoms with E-state index in [0.29, 0.717) is 5.56 Å². The number of hydrazone groups is 1. The van der Waals surface area contributed by atoms with Gasteiger partial charge in [0.05, 0.1) is 23.3 Å². The van der Waals surface area contributed by atoms with Gasteiger partial charge in [0.2, 0.25) is 5.75 Å². The van der Waals surface area contributed by atoms with Crippen LogP contribution in [0.15, 0.2) is 35.6 Å². The highest BCUT2D eigenvalue weighted by molar-refractivity contribution is 5.94. The molecule has 2 N–H and O–H groups in total. The van der Waals surface area contributed by atoms with Crippen molar-refractivity contribution < 1.29 is 19.6 Å². The molecule has 130 valence electrons. The first-order valence-electron chi connectivity index (χ1n) is 7.32. The van der Waals surface area contributed by atoms with Crippen LogP contribution < -0.4 is 10.2 Å². The molecule has 0 aliphatic heterocycles. The summed E-state index contributed by atoms with van der Waals surface area (Å²) >= 11 is 0. The van der Waals surface area contributed by atoms with Gasteiger partial charge in [-0.05, 0) is 32.0 Å². The number of aryl methyl sites for hydroxylation is 1. The Morgan fingerprint density at radius 3 is 2.84 bits per heavy atom. The van der Waals surface area contributed by atoms with Crippen LogP contribution in [0.5, 0.6) is 11.5 Å². The quantitative estimate of drug-likeness (QED) is 0.470. The van der Waals surface area contributed by atoms with E-state index in [0.717, 1.165) is 11.8 Å². The maximum absolute atomic E-state index is 11.9. The zero-order valence-corrected chi connectivity index (χ0v) is 13.6. The Kier molecular flexibility index (Phi) is 5.62. The number of carbonyl (C=O) groups excluding carboxylic acids is 1. The van der Waals surface area contributed by atoms with Crippen molar-refractivity contribution in [1.82, 2.24) is 10.4 Å². The van der Waals surface area contributed by atoms with Crippen molar-refractivity contribution in [3.05, 3.63) is 57.4 Å². The molecule has 1 aromatic heterocycles. The van der Waals surface area contributed by atoms with Gasteiger partial charge in [0.15, 0.2) is 5.75 Å². The SMILES string of the molecule is CCOc1cc(/C=N/NC(=O)c2ccc(C)nc2)cc([N+](=O)[O-])c1O. The van der Waals surface area contributed by atoms with Gasteiger partial charge in [-0.2, -0.15) is 5.10 Å². The molecular formula is C16H16N4O5. The predicted molar refractivity (Wildman–Crippen MR) is 90.0 cm³/mol. The highest BCUT2D eigenvalue weighted by Gasteiger charge is 2.19. The van der Waals surface area contributed by atoms with Gasteiger partial charge in [0.1, 0.15) is 0 Å². The number of aromatic nitrogens is 1. The number of pyridine rings is 1. The standard InChI is InChI=1S/C16H16N4O5/c1-3-25-14-7-11(6-13(15(14)21)20(23)24)8-18-19-16(22)12-5-4-10(2)17-9-12/h4-9,21H,3H2,1-2H3,(H,19,22)/b18-8+. The number of rotatable bonds is 6. The summed E-state index contributed by atoms with van der Waals surface area (Å²) in [7, 11) is 0. The van der Waals surface area contributed by atoms with Crippen LogP contribution in [-0.2, 0) is 0 Å². The van der Waals surface area contributed by atoms with Gasteiger partial charge in [0.25, 0.3) is 5.91 Å².